The molecule has 0 radical (unpaired) electrons. The van der Waals surface area contributed by atoms with E-state index in [0.29, 0.717) is 6.42 Å². The second-order valence-corrected chi connectivity index (χ2v) is 9.44. The third kappa shape index (κ3) is 8.67. The second-order valence-electron chi connectivity index (χ2n) is 9.44. The monoisotopic (exact) mass is 558 g/mol. The lowest BCUT2D eigenvalue weighted by atomic mass is 9.96. The zero-order valence-corrected chi connectivity index (χ0v) is 22.7. The number of ketones is 2. The minimum absolute atomic E-state index is 0.0489. The van der Waals surface area contributed by atoms with Crippen LogP contribution in [0.3, 0.4) is 0 Å². The van der Waals surface area contributed by atoms with Crippen molar-refractivity contribution in [2.45, 2.75) is 82.9 Å². The third-order valence-corrected chi connectivity index (χ3v) is 6.17. The summed E-state index contributed by atoms with van der Waals surface area (Å²) in [6.45, 7) is 7.00. The molecule has 1 aromatic rings. The van der Waals surface area contributed by atoms with Gasteiger partial charge in [-0.2, -0.15) is 0 Å². The lowest BCUT2D eigenvalue weighted by Gasteiger charge is -2.32. The Kier molecular flexibility index (Phi) is 11.3. The highest BCUT2D eigenvalue weighted by Crippen LogP contribution is 2.32. The summed E-state index contributed by atoms with van der Waals surface area (Å²) in [5.41, 5.74) is 0.786. The largest absolute Gasteiger partial charge is 0.462 e. The molecule has 216 valence electrons. The SMILES string of the molecule is C=CCC1C=CC(=O)[C@@H]([C@@H](OC(C)=O)[C@@H]2O[C@H](CC(COC(C)=O)OC(C)=O)[C@H](OCc3ccccc3)C2=O)O1. The number of Topliss-reactive ketones (excluding diaryl/α,β-unsaturated/α-hetero) is 1. The molecule has 2 aliphatic rings. The molecular weight excluding hydrogens is 524 g/mol. The van der Waals surface area contributed by atoms with Crippen molar-refractivity contribution in [2.75, 3.05) is 6.61 Å². The van der Waals surface area contributed by atoms with Crippen molar-refractivity contribution >= 4 is 29.5 Å². The molecule has 2 aliphatic heterocycles. The number of benzene rings is 1. The number of carbonyl (C=O) groups excluding carboxylic acids is 5. The Labute approximate surface area is 232 Å². The molecule has 40 heavy (non-hydrogen) atoms. The quantitative estimate of drug-likeness (QED) is 0.200. The summed E-state index contributed by atoms with van der Waals surface area (Å²) in [5.74, 6) is -3.03. The topological polar surface area (TPSA) is 141 Å². The highest BCUT2D eigenvalue weighted by molar-refractivity contribution is 5.97. The third-order valence-electron chi connectivity index (χ3n) is 6.17. The van der Waals surface area contributed by atoms with Gasteiger partial charge in [0.05, 0.1) is 18.8 Å². The van der Waals surface area contributed by atoms with Crippen LogP contribution in [0.1, 0.15) is 39.2 Å². The van der Waals surface area contributed by atoms with Gasteiger partial charge in [-0.1, -0.05) is 42.5 Å². The molecule has 0 spiro atoms. The predicted octanol–water partition coefficient (Wildman–Crippen LogP) is 2.19. The Morgan fingerprint density at radius 1 is 0.975 bits per heavy atom. The molecule has 2 heterocycles. The second kappa shape index (κ2) is 14.6. The van der Waals surface area contributed by atoms with Crippen LogP contribution in [0.5, 0.6) is 0 Å². The smallest absolute Gasteiger partial charge is 0.303 e. The minimum Gasteiger partial charge on any atom is -0.462 e. The highest BCUT2D eigenvalue weighted by atomic mass is 16.6. The van der Waals surface area contributed by atoms with Crippen LogP contribution in [0.2, 0.25) is 0 Å². The van der Waals surface area contributed by atoms with E-state index in [1.54, 1.807) is 12.2 Å². The van der Waals surface area contributed by atoms with Crippen molar-refractivity contribution < 1.29 is 52.4 Å². The molecule has 0 aliphatic carbocycles. The van der Waals surface area contributed by atoms with Gasteiger partial charge in [-0.3, -0.25) is 24.0 Å². The minimum atomic E-state index is -1.42. The molecule has 0 N–H and O–H groups in total. The summed E-state index contributed by atoms with van der Waals surface area (Å²) in [7, 11) is 0. The van der Waals surface area contributed by atoms with E-state index in [4.69, 9.17) is 28.4 Å². The lowest BCUT2D eigenvalue weighted by Crippen LogP contribution is -2.51. The van der Waals surface area contributed by atoms with Crippen LogP contribution in [0.4, 0.5) is 0 Å². The maximum Gasteiger partial charge on any atom is 0.303 e. The fourth-order valence-electron chi connectivity index (χ4n) is 4.50. The Bertz CT molecular complexity index is 1110. The van der Waals surface area contributed by atoms with Crippen molar-refractivity contribution in [3.05, 3.63) is 60.7 Å². The molecule has 3 rings (SSSR count). The van der Waals surface area contributed by atoms with E-state index in [2.05, 4.69) is 6.58 Å². The van der Waals surface area contributed by atoms with Crippen LogP contribution >= 0.6 is 0 Å². The molecule has 11 heteroatoms. The average molecular weight is 559 g/mol. The van der Waals surface area contributed by atoms with E-state index in [-0.39, 0.29) is 19.6 Å². The van der Waals surface area contributed by atoms with E-state index in [1.807, 2.05) is 30.3 Å². The van der Waals surface area contributed by atoms with E-state index >= 15 is 0 Å². The summed E-state index contributed by atoms with van der Waals surface area (Å²) >= 11 is 0. The van der Waals surface area contributed by atoms with Crippen LogP contribution in [0.25, 0.3) is 0 Å². The van der Waals surface area contributed by atoms with E-state index < -0.39 is 72.2 Å². The fraction of sp³-hybridized carbons (Fsp3) is 0.483. The van der Waals surface area contributed by atoms with Crippen molar-refractivity contribution in [1.82, 2.24) is 0 Å². The highest BCUT2D eigenvalue weighted by Gasteiger charge is 2.53. The van der Waals surface area contributed by atoms with Crippen molar-refractivity contribution in [1.29, 1.82) is 0 Å². The molecule has 0 aromatic heterocycles. The predicted molar refractivity (Wildman–Crippen MR) is 139 cm³/mol. The van der Waals surface area contributed by atoms with Gasteiger partial charge in [0.15, 0.2) is 29.9 Å². The molecule has 0 saturated carbocycles. The molecule has 7 atom stereocenters. The first kappa shape index (κ1) is 30.9. The van der Waals surface area contributed by atoms with Gasteiger partial charge in [-0.15, -0.1) is 6.58 Å². The zero-order valence-electron chi connectivity index (χ0n) is 22.7. The molecule has 0 amide bonds. The van der Waals surface area contributed by atoms with Gasteiger partial charge >= 0.3 is 17.9 Å². The van der Waals surface area contributed by atoms with Crippen LogP contribution in [0.15, 0.2) is 55.1 Å². The molecular formula is C29H34O11. The van der Waals surface area contributed by atoms with Crippen LogP contribution in [-0.4, -0.2) is 78.8 Å². The molecule has 1 fully saturated rings. The number of esters is 3. The first-order valence-electron chi connectivity index (χ1n) is 12.9. The summed E-state index contributed by atoms with van der Waals surface area (Å²) in [6, 6.07) is 9.11. The normalized spacial score (nSPS) is 25.6. The maximum absolute atomic E-state index is 13.8. The van der Waals surface area contributed by atoms with Crippen LogP contribution in [0, 0.1) is 0 Å². The van der Waals surface area contributed by atoms with E-state index in [0.717, 1.165) is 12.5 Å². The van der Waals surface area contributed by atoms with E-state index in [1.165, 1.54) is 19.9 Å². The first-order valence-corrected chi connectivity index (χ1v) is 12.9. The van der Waals surface area contributed by atoms with Gasteiger partial charge in [-0.25, -0.2) is 0 Å². The Hall–Kier alpha value is -3.67. The summed E-state index contributed by atoms with van der Waals surface area (Å²) < 4.78 is 33.7. The van der Waals surface area contributed by atoms with Gasteiger partial charge in [0.2, 0.25) is 0 Å². The summed E-state index contributed by atoms with van der Waals surface area (Å²) in [4.78, 5) is 61.8. The molecule has 1 aromatic carbocycles. The van der Waals surface area contributed by atoms with Crippen molar-refractivity contribution in [3.63, 3.8) is 0 Å². The number of hydrogen-bond donors (Lipinski definition) is 0. The first-order chi connectivity index (χ1) is 19.1. The Balaban J connectivity index is 1.90. The van der Waals surface area contributed by atoms with Crippen LogP contribution < -0.4 is 0 Å². The zero-order chi connectivity index (χ0) is 29.2. The Morgan fingerprint density at radius 2 is 1.68 bits per heavy atom. The fourth-order valence-corrected chi connectivity index (χ4v) is 4.50. The van der Waals surface area contributed by atoms with Gasteiger partial charge in [0.1, 0.15) is 18.8 Å². The van der Waals surface area contributed by atoms with Crippen molar-refractivity contribution in [2.24, 2.45) is 0 Å². The molecule has 2 unspecified atom stereocenters. The maximum atomic E-state index is 13.8. The van der Waals surface area contributed by atoms with Gasteiger partial charge in [0.25, 0.3) is 0 Å². The van der Waals surface area contributed by atoms with Gasteiger partial charge in [0, 0.05) is 27.2 Å². The molecule has 11 nitrogen and oxygen atoms in total. The number of carbonyl (C=O) groups is 5. The Morgan fingerprint density at radius 3 is 2.30 bits per heavy atom. The number of rotatable bonds is 13. The van der Waals surface area contributed by atoms with Crippen LogP contribution in [-0.2, 0) is 59.0 Å². The molecule has 0 bridgehead atoms. The summed E-state index contributed by atoms with van der Waals surface area (Å²) in [6.07, 6.45) is -3.02. The van der Waals surface area contributed by atoms with Gasteiger partial charge in [-0.05, 0) is 18.1 Å². The standard InChI is InChI=1S/C29H34O11/c1-5-9-21-12-13-23(33)26(39-21)29(38-19(4)32)28-25(34)27(36-15-20-10-7-6-8-11-20)24(40-28)14-22(37-18(3)31)16-35-17(2)30/h5-8,10-13,21-22,24,26-29H,1,9,14-16H2,2-4H3/t21?,22?,24-,26+,27+,28-,29-/m1/s1. The lowest BCUT2D eigenvalue weighted by molar-refractivity contribution is -0.179. The average Bonchev–Trinajstić information content (AvgIpc) is 3.20. The molecule has 1 saturated heterocycles. The number of hydrogen-bond acceptors (Lipinski definition) is 11. The number of ether oxygens (including phenoxy) is 6. The van der Waals surface area contributed by atoms with Gasteiger partial charge < -0.3 is 28.4 Å². The van der Waals surface area contributed by atoms with Crippen molar-refractivity contribution in [3.8, 4) is 0 Å². The summed E-state index contributed by atoms with van der Waals surface area (Å²) in [5, 5.41) is 0. The van der Waals surface area contributed by atoms with E-state index in [9.17, 15) is 24.0 Å².